The monoisotopic (exact) mass is 441 g/mol. The third-order valence-electron chi connectivity index (χ3n) is 8.19. The van der Waals surface area contributed by atoms with E-state index in [0.29, 0.717) is 23.8 Å². The number of nitro groups is 1. The van der Waals surface area contributed by atoms with Crippen molar-refractivity contribution in [1.82, 2.24) is 9.88 Å². The molecule has 0 spiro atoms. The fourth-order valence-electron chi connectivity index (χ4n) is 6.54. The van der Waals surface area contributed by atoms with Crippen molar-refractivity contribution in [3.63, 3.8) is 0 Å². The first-order valence-electron chi connectivity index (χ1n) is 11.8. The van der Waals surface area contributed by atoms with Gasteiger partial charge in [-0.2, -0.15) is 0 Å². The Morgan fingerprint density at radius 2 is 1.94 bits per heavy atom. The number of carbonyl (C=O) groups is 1. The van der Waals surface area contributed by atoms with Gasteiger partial charge in [0.25, 0.3) is 5.69 Å². The molecule has 2 aromatic carbocycles. The average molecular weight is 442 g/mol. The highest BCUT2D eigenvalue weighted by molar-refractivity contribution is 6.00. The molecule has 1 saturated carbocycles. The van der Waals surface area contributed by atoms with E-state index in [-0.39, 0.29) is 21.9 Å². The minimum atomic E-state index is -0.304. The van der Waals surface area contributed by atoms with Gasteiger partial charge in [-0.1, -0.05) is 42.5 Å². The predicted molar refractivity (Wildman–Crippen MR) is 128 cm³/mol. The van der Waals surface area contributed by atoms with Gasteiger partial charge >= 0.3 is 0 Å². The third kappa shape index (κ3) is 3.16. The molecule has 3 aliphatic rings. The van der Waals surface area contributed by atoms with Gasteiger partial charge in [-0.05, 0) is 60.8 Å². The summed E-state index contributed by atoms with van der Waals surface area (Å²) >= 11 is 0. The number of ketones is 1. The average Bonchev–Trinajstić information content (AvgIpc) is 3.19. The van der Waals surface area contributed by atoms with Crippen LogP contribution in [0.2, 0.25) is 0 Å². The molecule has 33 heavy (non-hydrogen) atoms. The van der Waals surface area contributed by atoms with E-state index in [9.17, 15) is 14.9 Å². The van der Waals surface area contributed by atoms with Crippen molar-refractivity contribution >= 4 is 28.4 Å². The van der Waals surface area contributed by atoms with Gasteiger partial charge in [0.15, 0.2) is 5.78 Å². The van der Waals surface area contributed by atoms with Crippen LogP contribution in [0.5, 0.6) is 0 Å². The fraction of sp³-hybridized carbons (Fsp3) is 0.370. The standard InChI is InChI=1S/C27H27N3O3/c1-27-15-19-14-24(31)18(12-17-6-3-2-4-7-17)13-20(19)16-29(27)11-10-22-21-8-5-9-23(30(32)33)25(21)28-26(22)27/h2-9,12,19-20,28H,10-11,13-16H2,1H3/b18-12+/t19-,20-,27-/m0/s1. The molecular formula is C27H27N3O3. The smallest absolute Gasteiger partial charge is 0.293 e. The number of nitro benzene ring substituents is 1. The molecule has 6 nitrogen and oxygen atoms in total. The number of Topliss-reactive ketones (excluding diaryl/α,β-unsaturated/α-hetero) is 1. The first-order valence-corrected chi connectivity index (χ1v) is 11.8. The zero-order valence-corrected chi connectivity index (χ0v) is 18.7. The summed E-state index contributed by atoms with van der Waals surface area (Å²) < 4.78 is 0. The highest BCUT2D eigenvalue weighted by atomic mass is 16.6. The van der Waals surface area contributed by atoms with Gasteiger partial charge in [-0.25, -0.2) is 0 Å². The number of aromatic amines is 1. The van der Waals surface area contributed by atoms with Crippen LogP contribution in [-0.2, 0) is 16.8 Å². The summed E-state index contributed by atoms with van der Waals surface area (Å²) in [6.07, 6.45) is 5.26. The van der Waals surface area contributed by atoms with Crippen molar-refractivity contribution in [2.24, 2.45) is 11.8 Å². The predicted octanol–water partition coefficient (Wildman–Crippen LogP) is 5.23. The van der Waals surface area contributed by atoms with Crippen LogP contribution in [0.4, 0.5) is 5.69 Å². The molecule has 1 aromatic heterocycles. The number of allylic oxidation sites excluding steroid dienone is 1. The summed E-state index contributed by atoms with van der Waals surface area (Å²) in [6.45, 7) is 4.15. The van der Waals surface area contributed by atoms with Crippen LogP contribution in [0.1, 0.15) is 43.0 Å². The first-order chi connectivity index (χ1) is 15.9. The maximum atomic E-state index is 13.1. The molecule has 1 N–H and O–H groups in total. The third-order valence-corrected chi connectivity index (χ3v) is 8.19. The number of para-hydroxylation sites is 1. The number of hydrogen-bond acceptors (Lipinski definition) is 4. The molecule has 1 aliphatic carbocycles. The number of benzene rings is 2. The van der Waals surface area contributed by atoms with Crippen LogP contribution < -0.4 is 0 Å². The lowest BCUT2D eigenvalue weighted by Crippen LogP contribution is -2.57. The van der Waals surface area contributed by atoms with E-state index in [1.54, 1.807) is 12.1 Å². The number of rotatable bonds is 2. The SMILES string of the molecule is C[C@@]12C[C@@H]3CC(=O)/C(=C/c4ccccc4)C[C@H]3CN1CCc1c2[nH]c2c([N+](=O)[O-])cccc12. The maximum Gasteiger partial charge on any atom is 0.293 e. The molecule has 2 aliphatic heterocycles. The number of nitrogens with one attached hydrogen (secondary N) is 1. The molecule has 0 radical (unpaired) electrons. The Hall–Kier alpha value is -3.25. The van der Waals surface area contributed by atoms with Gasteiger partial charge in [0, 0.05) is 36.7 Å². The zero-order valence-electron chi connectivity index (χ0n) is 18.7. The minimum Gasteiger partial charge on any atom is -0.351 e. The van der Waals surface area contributed by atoms with E-state index in [4.69, 9.17) is 0 Å². The molecule has 6 heteroatoms. The number of carbonyl (C=O) groups excluding carboxylic acids is 1. The van der Waals surface area contributed by atoms with Gasteiger partial charge in [-0.15, -0.1) is 0 Å². The number of nitrogens with zero attached hydrogens (tertiary/aromatic N) is 2. The van der Waals surface area contributed by atoms with Crippen molar-refractivity contribution < 1.29 is 9.72 Å². The van der Waals surface area contributed by atoms with Crippen molar-refractivity contribution in [2.75, 3.05) is 13.1 Å². The van der Waals surface area contributed by atoms with Crippen LogP contribution in [0.25, 0.3) is 17.0 Å². The molecule has 168 valence electrons. The lowest BCUT2D eigenvalue weighted by Gasteiger charge is -2.54. The van der Waals surface area contributed by atoms with Crippen LogP contribution in [0, 0.1) is 22.0 Å². The number of hydrogen-bond donors (Lipinski definition) is 1. The van der Waals surface area contributed by atoms with Crippen LogP contribution in [-0.4, -0.2) is 33.7 Å². The Morgan fingerprint density at radius 1 is 1.12 bits per heavy atom. The zero-order chi connectivity index (χ0) is 22.7. The van der Waals surface area contributed by atoms with E-state index in [1.807, 2.05) is 36.4 Å². The topological polar surface area (TPSA) is 79.2 Å². The number of aromatic nitrogens is 1. The maximum absolute atomic E-state index is 13.1. The molecule has 2 fully saturated rings. The van der Waals surface area contributed by atoms with Crippen molar-refractivity contribution in [2.45, 2.75) is 38.1 Å². The van der Waals surface area contributed by atoms with Gasteiger partial charge < -0.3 is 4.98 Å². The summed E-state index contributed by atoms with van der Waals surface area (Å²) in [4.78, 5) is 30.4. The molecule has 3 atom stereocenters. The fourth-order valence-corrected chi connectivity index (χ4v) is 6.54. The van der Waals surface area contributed by atoms with E-state index >= 15 is 0 Å². The Kier molecular flexibility index (Phi) is 4.56. The molecule has 3 heterocycles. The van der Waals surface area contributed by atoms with E-state index in [1.165, 1.54) is 5.56 Å². The lowest BCUT2D eigenvalue weighted by molar-refractivity contribution is -0.383. The summed E-state index contributed by atoms with van der Waals surface area (Å²) in [6, 6.07) is 15.4. The highest BCUT2D eigenvalue weighted by Gasteiger charge is 2.50. The largest absolute Gasteiger partial charge is 0.351 e. The molecule has 0 unspecified atom stereocenters. The van der Waals surface area contributed by atoms with Crippen molar-refractivity contribution in [3.05, 3.63) is 81.0 Å². The normalized spacial score (nSPS) is 28.4. The van der Waals surface area contributed by atoms with Gasteiger partial charge in [-0.3, -0.25) is 19.8 Å². The van der Waals surface area contributed by atoms with Gasteiger partial charge in [0.05, 0.1) is 10.5 Å². The summed E-state index contributed by atoms with van der Waals surface area (Å²) in [5, 5.41) is 12.6. The van der Waals surface area contributed by atoms with E-state index < -0.39 is 0 Å². The van der Waals surface area contributed by atoms with Crippen LogP contribution in [0.3, 0.4) is 0 Å². The van der Waals surface area contributed by atoms with Gasteiger partial charge in [0.1, 0.15) is 5.52 Å². The Balaban J connectivity index is 1.34. The Morgan fingerprint density at radius 3 is 2.73 bits per heavy atom. The first kappa shape index (κ1) is 20.4. The molecule has 1 saturated heterocycles. The quantitative estimate of drug-likeness (QED) is 0.335. The molecular weight excluding hydrogens is 414 g/mol. The lowest BCUT2D eigenvalue weighted by atomic mass is 9.65. The second kappa shape index (κ2) is 7.39. The molecule has 3 aromatic rings. The molecule has 6 rings (SSSR count). The second-order valence-corrected chi connectivity index (χ2v) is 10.0. The molecule has 0 bridgehead atoms. The summed E-state index contributed by atoms with van der Waals surface area (Å²) in [7, 11) is 0. The summed E-state index contributed by atoms with van der Waals surface area (Å²) in [5.74, 6) is 1.06. The Bertz CT molecular complexity index is 1310. The second-order valence-electron chi connectivity index (χ2n) is 10.0. The van der Waals surface area contributed by atoms with Crippen molar-refractivity contribution in [3.8, 4) is 0 Å². The molecule has 0 amide bonds. The number of H-pyrrole nitrogens is 1. The number of non-ortho nitro benzene ring substituents is 1. The highest BCUT2D eigenvalue weighted by Crippen LogP contribution is 2.51. The van der Waals surface area contributed by atoms with Gasteiger partial charge in [0.2, 0.25) is 0 Å². The van der Waals surface area contributed by atoms with Crippen molar-refractivity contribution in [1.29, 1.82) is 0 Å². The van der Waals surface area contributed by atoms with E-state index in [0.717, 1.165) is 54.6 Å². The van der Waals surface area contributed by atoms with Crippen LogP contribution in [0.15, 0.2) is 54.1 Å². The van der Waals surface area contributed by atoms with Crippen LogP contribution >= 0.6 is 0 Å². The minimum absolute atomic E-state index is 0.134. The Labute approximate surface area is 192 Å². The summed E-state index contributed by atoms with van der Waals surface area (Å²) in [5.41, 5.74) is 4.88. The number of piperidine rings is 1. The van der Waals surface area contributed by atoms with E-state index in [2.05, 4.69) is 22.9 Å². The number of fused-ring (bicyclic) bond motifs is 6.